The van der Waals surface area contributed by atoms with E-state index in [0.29, 0.717) is 0 Å². The molecule has 1 aromatic rings. The Kier molecular flexibility index (Phi) is 6.10. The van der Waals surface area contributed by atoms with E-state index in [4.69, 9.17) is 15.1 Å². The summed E-state index contributed by atoms with van der Waals surface area (Å²) in [6.07, 6.45) is -0.943. The topological polar surface area (TPSA) is 111 Å². The summed E-state index contributed by atoms with van der Waals surface area (Å²) in [5.74, 6) is -1.79. The van der Waals surface area contributed by atoms with Gasteiger partial charge in [0.1, 0.15) is 5.82 Å². The van der Waals surface area contributed by atoms with Crippen molar-refractivity contribution in [3.8, 4) is 6.07 Å². The van der Waals surface area contributed by atoms with Crippen LogP contribution in [0.15, 0.2) is 18.2 Å². The van der Waals surface area contributed by atoms with Crippen LogP contribution in [-0.2, 0) is 9.53 Å². The van der Waals surface area contributed by atoms with E-state index in [-0.39, 0.29) is 24.2 Å². The van der Waals surface area contributed by atoms with Crippen LogP contribution in [0, 0.1) is 17.1 Å². The number of hydrogen-bond acceptors (Lipinski definition) is 4. The molecular formula is C13H14FN3O4. The highest BCUT2D eigenvalue weighted by molar-refractivity contribution is 5.89. The summed E-state index contributed by atoms with van der Waals surface area (Å²) in [6.45, 7) is -0.0352. The van der Waals surface area contributed by atoms with Crippen LogP contribution < -0.4 is 10.6 Å². The first-order valence-electron chi connectivity index (χ1n) is 5.95. The van der Waals surface area contributed by atoms with Crippen molar-refractivity contribution in [1.82, 2.24) is 5.32 Å². The highest BCUT2D eigenvalue weighted by Crippen LogP contribution is 2.15. The van der Waals surface area contributed by atoms with Crippen LogP contribution in [0.1, 0.15) is 12.0 Å². The van der Waals surface area contributed by atoms with Gasteiger partial charge in [0.05, 0.1) is 29.8 Å². The van der Waals surface area contributed by atoms with Crippen molar-refractivity contribution in [3.63, 3.8) is 0 Å². The Hall–Kier alpha value is -2.66. The summed E-state index contributed by atoms with van der Waals surface area (Å²) in [5, 5.41) is 21.8. The number of hydrogen-bond donors (Lipinski definition) is 3. The second-order valence-corrected chi connectivity index (χ2v) is 4.10. The average molecular weight is 295 g/mol. The number of carbonyl (C=O) groups excluding carboxylic acids is 1. The van der Waals surface area contributed by atoms with Crippen molar-refractivity contribution in [2.24, 2.45) is 0 Å². The van der Waals surface area contributed by atoms with Crippen LogP contribution in [0.4, 0.5) is 14.9 Å². The summed E-state index contributed by atoms with van der Waals surface area (Å²) >= 11 is 0. The van der Waals surface area contributed by atoms with Crippen LogP contribution >= 0.6 is 0 Å². The predicted octanol–water partition coefficient (Wildman–Crippen LogP) is 1.31. The van der Waals surface area contributed by atoms with Crippen LogP contribution in [-0.4, -0.2) is 36.9 Å². The lowest BCUT2D eigenvalue weighted by Crippen LogP contribution is -2.37. The molecule has 0 fully saturated rings. The minimum absolute atomic E-state index is 0.0352. The standard InChI is InChI=1S/C13H14FN3O4/c1-21-9(5-12(18)19)7-16-13(20)17-11-3-2-8(6-15)4-10(11)14/h2-4,9H,5,7H2,1H3,(H,18,19)(H2,16,17,20). The summed E-state index contributed by atoms with van der Waals surface area (Å²) in [4.78, 5) is 22.1. The summed E-state index contributed by atoms with van der Waals surface area (Å²) in [7, 11) is 1.33. The molecule has 3 N–H and O–H groups in total. The number of halogens is 1. The number of carbonyl (C=O) groups is 2. The smallest absolute Gasteiger partial charge is 0.319 e. The van der Waals surface area contributed by atoms with E-state index >= 15 is 0 Å². The molecule has 1 rings (SSSR count). The number of carboxylic acids is 1. The van der Waals surface area contributed by atoms with Crippen molar-refractivity contribution in [2.75, 3.05) is 19.0 Å². The van der Waals surface area contributed by atoms with Gasteiger partial charge in [0, 0.05) is 13.7 Å². The molecule has 112 valence electrons. The maximum Gasteiger partial charge on any atom is 0.319 e. The fraction of sp³-hybridized carbons (Fsp3) is 0.308. The quantitative estimate of drug-likeness (QED) is 0.732. The van der Waals surface area contributed by atoms with E-state index in [1.807, 2.05) is 0 Å². The van der Waals surface area contributed by atoms with Crippen LogP contribution in [0.5, 0.6) is 0 Å². The van der Waals surface area contributed by atoms with Crippen molar-refractivity contribution >= 4 is 17.7 Å². The number of nitrogens with one attached hydrogen (secondary N) is 2. The number of carboxylic acid groups (broad SMARTS) is 1. The predicted molar refractivity (Wildman–Crippen MR) is 71.2 cm³/mol. The highest BCUT2D eigenvalue weighted by Gasteiger charge is 2.14. The Morgan fingerprint density at radius 3 is 2.76 bits per heavy atom. The van der Waals surface area contributed by atoms with Crippen LogP contribution in [0.25, 0.3) is 0 Å². The zero-order valence-corrected chi connectivity index (χ0v) is 11.2. The van der Waals surface area contributed by atoms with E-state index in [0.717, 1.165) is 6.07 Å². The first kappa shape index (κ1) is 16.4. The first-order chi connectivity index (χ1) is 9.96. The summed E-state index contributed by atoms with van der Waals surface area (Å²) in [6, 6.07) is 4.69. The minimum Gasteiger partial charge on any atom is -0.481 e. The second kappa shape index (κ2) is 7.81. The second-order valence-electron chi connectivity index (χ2n) is 4.10. The average Bonchev–Trinajstić information content (AvgIpc) is 2.45. The summed E-state index contributed by atoms with van der Waals surface area (Å²) in [5.41, 5.74) is 0.0538. The van der Waals surface area contributed by atoms with E-state index in [9.17, 15) is 14.0 Å². The number of nitriles is 1. The molecule has 0 radical (unpaired) electrons. The normalized spacial score (nSPS) is 11.3. The lowest BCUT2D eigenvalue weighted by molar-refractivity contribution is -0.139. The van der Waals surface area contributed by atoms with Gasteiger partial charge in [0.2, 0.25) is 0 Å². The van der Waals surface area contributed by atoms with Gasteiger partial charge >= 0.3 is 12.0 Å². The molecule has 8 heteroatoms. The third-order valence-electron chi connectivity index (χ3n) is 2.57. The van der Waals surface area contributed by atoms with Crippen molar-refractivity contribution in [3.05, 3.63) is 29.6 Å². The zero-order chi connectivity index (χ0) is 15.8. The van der Waals surface area contributed by atoms with Crippen molar-refractivity contribution < 1.29 is 23.8 Å². The Morgan fingerprint density at radius 1 is 1.52 bits per heavy atom. The molecule has 21 heavy (non-hydrogen) atoms. The lowest BCUT2D eigenvalue weighted by atomic mass is 10.2. The highest BCUT2D eigenvalue weighted by atomic mass is 19.1. The number of methoxy groups -OCH3 is 1. The number of rotatable bonds is 6. The maximum absolute atomic E-state index is 13.5. The largest absolute Gasteiger partial charge is 0.481 e. The van der Waals surface area contributed by atoms with E-state index in [1.165, 1.54) is 19.2 Å². The maximum atomic E-state index is 13.5. The third kappa shape index (κ3) is 5.46. The molecule has 0 aliphatic carbocycles. The number of aliphatic carboxylic acids is 1. The SMILES string of the molecule is COC(CNC(=O)Nc1ccc(C#N)cc1F)CC(=O)O. The van der Waals surface area contributed by atoms with Gasteiger partial charge < -0.3 is 20.5 Å². The molecule has 0 saturated carbocycles. The van der Waals surface area contributed by atoms with Crippen molar-refractivity contribution in [1.29, 1.82) is 5.26 Å². The molecule has 1 atom stereocenters. The molecule has 0 heterocycles. The van der Waals surface area contributed by atoms with Crippen LogP contribution in [0.3, 0.4) is 0 Å². The summed E-state index contributed by atoms with van der Waals surface area (Å²) < 4.78 is 18.4. The van der Waals surface area contributed by atoms with Gasteiger partial charge in [-0.1, -0.05) is 0 Å². The van der Waals surface area contributed by atoms with Gasteiger partial charge in [0.15, 0.2) is 0 Å². The molecule has 1 aromatic carbocycles. The molecular weight excluding hydrogens is 281 g/mol. The lowest BCUT2D eigenvalue weighted by Gasteiger charge is -2.14. The fourth-order valence-corrected chi connectivity index (χ4v) is 1.49. The number of amides is 2. The van der Waals surface area contributed by atoms with Gasteiger partial charge in [-0.2, -0.15) is 5.26 Å². The van der Waals surface area contributed by atoms with E-state index in [1.54, 1.807) is 6.07 Å². The number of urea groups is 1. The van der Waals surface area contributed by atoms with Gasteiger partial charge in [-0.15, -0.1) is 0 Å². The molecule has 2 amide bonds. The Labute approximate surface area is 120 Å². The molecule has 0 aromatic heterocycles. The van der Waals surface area contributed by atoms with Gasteiger partial charge in [-0.3, -0.25) is 4.79 Å². The first-order valence-corrected chi connectivity index (χ1v) is 5.95. The number of ether oxygens (including phenoxy) is 1. The zero-order valence-electron chi connectivity index (χ0n) is 11.2. The molecule has 0 aliphatic heterocycles. The van der Waals surface area contributed by atoms with Crippen LogP contribution in [0.2, 0.25) is 0 Å². The minimum atomic E-state index is -1.05. The van der Waals surface area contributed by atoms with E-state index < -0.39 is 23.9 Å². The number of benzene rings is 1. The molecule has 1 unspecified atom stereocenters. The number of nitrogens with zero attached hydrogens (tertiary/aromatic N) is 1. The van der Waals surface area contributed by atoms with Crippen molar-refractivity contribution in [2.45, 2.75) is 12.5 Å². The molecule has 0 spiro atoms. The Morgan fingerprint density at radius 2 is 2.24 bits per heavy atom. The van der Waals surface area contributed by atoms with Gasteiger partial charge in [0.25, 0.3) is 0 Å². The molecule has 7 nitrogen and oxygen atoms in total. The molecule has 0 aliphatic rings. The van der Waals surface area contributed by atoms with Gasteiger partial charge in [-0.05, 0) is 18.2 Å². The Balaban J connectivity index is 2.54. The monoisotopic (exact) mass is 295 g/mol. The fourth-order valence-electron chi connectivity index (χ4n) is 1.49. The Bertz CT molecular complexity index is 571. The van der Waals surface area contributed by atoms with Gasteiger partial charge in [-0.25, -0.2) is 9.18 Å². The third-order valence-corrected chi connectivity index (χ3v) is 2.57. The van der Waals surface area contributed by atoms with E-state index in [2.05, 4.69) is 10.6 Å². The molecule has 0 saturated heterocycles. The molecule has 0 bridgehead atoms. The number of anilines is 1.